The van der Waals surface area contributed by atoms with Crippen molar-refractivity contribution in [1.29, 1.82) is 5.26 Å². The minimum atomic E-state index is -3.69. The fraction of sp³-hybridized carbons (Fsp3) is 0.300. The predicted molar refractivity (Wildman–Crippen MR) is 111 cm³/mol. The van der Waals surface area contributed by atoms with Crippen molar-refractivity contribution in [3.8, 4) is 6.07 Å². The summed E-state index contributed by atoms with van der Waals surface area (Å²) in [6, 6.07) is 13.5. The number of nitriles is 1. The highest BCUT2D eigenvalue weighted by atomic mass is 79.9. The first kappa shape index (κ1) is 22.1. The lowest BCUT2D eigenvalue weighted by Crippen LogP contribution is -2.33. The topological polar surface area (TPSA) is 81.5 Å². The molecule has 6 nitrogen and oxygen atoms in total. The van der Waals surface area contributed by atoms with Crippen molar-refractivity contribution >= 4 is 31.9 Å². The minimum Gasteiger partial charge on any atom is -0.332 e. The van der Waals surface area contributed by atoms with Gasteiger partial charge in [-0.25, -0.2) is 12.7 Å². The normalized spacial score (nSPS) is 12.5. The molecule has 0 bridgehead atoms. The molecule has 0 aliphatic carbocycles. The summed E-state index contributed by atoms with van der Waals surface area (Å²) in [7, 11) is -0.799. The van der Waals surface area contributed by atoms with Crippen LogP contribution in [0.1, 0.15) is 41.4 Å². The lowest BCUT2D eigenvalue weighted by atomic mass is 10.0. The maximum absolute atomic E-state index is 13.1. The van der Waals surface area contributed by atoms with Crippen molar-refractivity contribution in [1.82, 2.24) is 9.21 Å². The zero-order chi connectivity index (χ0) is 21.1. The molecule has 0 saturated heterocycles. The average molecular weight is 464 g/mol. The summed E-state index contributed by atoms with van der Waals surface area (Å²) in [6.45, 7) is 4.22. The Morgan fingerprint density at radius 1 is 1.18 bits per heavy atom. The Balaban J connectivity index is 2.41. The van der Waals surface area contributed by atoms with Crippen molar-refractivity contribution < 1.29 is 13.2 Å². The molecule has 0 heterocycles. The van der Waals surface area contributed by atoms with E-state index < -0.39 is 10.0 Å². The first-order valence-electron chi connectivity index (χ1n) is 8.66. The van der Waals surface area contributed by atoms with Gasteiger partial charge in [-0.1, -0.05) is 12.1 Å². The monoisotopic (exact) mass is 463 g/mol. The Morgan fingerprint density at radius 2 is 1.79 bits per heavy atom. The summed E-state index contributed by atoms with van der Waals surface area (Å²) in [5, 5.41) is 8.94. The van der Waals surface area contributed by atoms with Gasteiger partial charge >= 0.3 is 0 Å². The zero-order valence-corrected chi connectivity index (χ0v) is 18.6. The number of rotatable bonds is 6. The van der Waals surface area contributed by atoms with Crippen LogP contribution in [0.5, 0.6) is 0 Å². The first-order valence-corrected chi connectivity index (χ1v) is 10.9. The SMILES string of the molecule is CCN(C(=O)c1ccc(Br)c(S(=O)(=O)N(C)C)c1)C(C)c1ccc(C#N)cc1. The van der Waals surface area contributed by atoms with Gasteiger partial charge in [0.1, 0.15) is 0 Å². The number of hydrogen-bond acceptors (Lipinski definition) is 4. The third-order valence-corrected chi connectivity index (χ3v) is 7.34. The van der Waals surface area contributed by atoms with E-state index in [1.54, 1.807) is 29.2 Å². The van der Waals surface area contributed by atoms with Crippen LogP contribution >= 0.6 is 15.9 Å². The van der Waals surface area contributed by atoms with Crippen LogP contribution in [0.25, 0.3) is 0 Å². The molecule has 0 aliphatic rings. The number of amides is 1. The number of hydrogen-bond donors (Lipinski definition) is 0. The van der Waals surface area contributed by atoms with Gasteiger partial charge in [0, 0.05) is 30.7 Å². The summed E-state index contributed by atoms with van der Waals surface area (Å²) >= 11 is 3.26. The molecule has 0 aromatic heterocycles. The van der Waals surface area contributed by atoms with Crippen LogP contribution in [0.2, 0.25) is 0 Å². The van der Waals surface area contributed by atoms with Crippen LogP contribution in [-0.4, -0.2) is 44.2 Å². The second-order valence-corrected chi connectivity index (χ2v) is 9.41. The van der Waals surface area contributed by atoms with E-state index >= 15 is 0 Å². The van der Waals surface area contributed by atoms with E-state index in [1.807, 2.05) is 26.0 Å². The lowest BCUT2D eigenvalue weighted by molar-refractivity contribution is 0.0702. The van der Waals surface area contributed by atoms with E-state index in [-0.39, 0.29) is 16.8 Å². The molecule has 0 spiro atoms. The standard InChI is InChI=1S/C20H22BrN3O3S/c1-5-24(14(2)16-8-6-15(13-22)7-9-16)20(25)17-10-11-18(21)19(12-17)28(26,27)23(3)4/h6-12,14H,5H2,1-4H3. The molecule has 0 aliphatic heterocycles. The largest absolute Gasteiger partial charge is 0.332 e. The Labute approximate surface area is 174 Å². The molecule has 148 valence electrons. The van der Waals surface area contributed by atoms with Gasteiger partial charge in [0.05, 0.1) is 22.6 Å². The second kappa shape index (κ2) is 8.86. The quantitative estimate of drug-likeness (QED) is 0.652. The maximum Gasteiger partial charge on any atom is 0.254 e. The molecule has 1 amide bonds. The van der Waals surface area contributed by atoms with Crippen molar-refractivity contribution in [3.63, 3.8) is 0 Å². The molecule has 0 saturated carbocycles. The van der Waals surface area contributed by atoms with Crippen molar-refractivity contribution in [2.45, 2.75) is 24.8 Å². The van der Waals surface area contributed by atoms with E-state index in [0.717, 1.165) is 9.87 Å². The summed E-state index contributed by atoms with van der Waals surface area (Å²) in [6.07, 6.45) is 0. The molecule has 2 aromatic carbocycles. The summed E-state index contributed by atoms with van der Waals surface area (Å²) in [4.78, 5) is 14.8. The fourth-order valence-electron chi connectivity index (χ4n) is 2.81. The molecular formula is C20H22BrN3O3S. The maximum atomic E-state index is 13.1. The summed E-state index contributed by atoms with van der Waals surface area (Å²) < 4.78 is 26.6. The van der Waals surface area contributed by atoms with Crippen LogP contribution in [-0.2, 0) is 10.0 Å². The number of carbonyl (C=O) groups excluding carboxylic acids is 1. The highest BCUT2D eigenvalue weighted by Gasteiger charge is 2.25. The molecule has 28 heavy (non-hydrogen) atoms. The lowest BCUT2D eigenvalue weighted by Gasteiger charge is -2.29. The van der Waals surface area contributed by atoms with E-state index in [4.69, 9.17) is 5.26 Å². The zero-order valence-electron chi connectivity index (χ0n) is 16.2. The molecule has 2 rings (SSSR count). The highest BCUT2D eigenvalue weighted by Crippen LogP contribution is 2.28. The van der Waals surface area contributed by atoms with E-state index in [2.05, 4.69) is 22.0 Å². The van der Waals surface area contributed by atoms with Crippen molar-refractivity contribution in [3.05, 3.63) is 63.6 Å². The van der Waals surface area contributed by atoms with Crippen LogP contribution in [0.4, 0.5) is 0 Å². The fourth-order valence-corrected chi connectivity index (χ4v) is 4.65. The number of benzene rings is 2. The molecule has 0 fully saturated rings. The van der Waals surface area contributed by atoms with E-state index in [9.17, 15) is 13.2 Å². The summed E-state index contributed by atoms with van der Waals surface area (Å²) in [5.74, 6) is -0.262. The van der Waals surface area contributed by atoms with Gasteiger partial charge in [0.15, 0.2) is 0 Å². The smallest absolute Gasteiger partial charge is 0.254 e. The molecule has 0 radical (unpaired) electrons. The van der Waals surface area contributed by atoms with Crippen molar-refractivity contribution in [2.75, 3.05) is 20.6 Å². The van der Waals surface area contributed by atoms with Crippen molar-refractivity contribution in [2.24, 2.45) is 0 Å². The van der Waals surface area contributed by atoms with E-state index in [0.29, 0.717) is 22.1 Å². The Morgan fingerprint density at radius 3 is 2.29 bits per heavy atom. The molecular weight excluding hydrogens is 442 g/mol. The number of nitrogens with zero attached hydrogens (tertiary/aromatic N) is 3. The first-order chi connectivity index (χ1) is 13.1. The molecule has 1 atom stereocenters. The van der Waals surface area contributed by atoms with Gasteiger partial charge in [-0.05, 0) is 65.7 Å². The second-order valence-electron chi connectivity index (χ2n) is 6.43. The molecule has 0 N–H and O–H groups in total. The molecule has 8 heteroatoms. The average Bonchev–Trinajstić information content (AvgIpc) is 2.68. The van der Waals surface area contributed by atoms with Crippen LogP contribution in [0, 0.1) is 11.3 Å². The number of sulfonamides is 1. The van der Waals surface area contributed by atoms with Gasteiger partial charge in [-0.3, -0.25) is 4.79 Å². The van der Waals surface area contributed by atoms with Crippen LogP contribution in [0.15, 0.2) is 51.8 Å². The Hall–Kier alpha value is -2.21. The van der Waals surface area contributed by atoms with Gasteiger partial charge in [0.25, 0.3) is 5.91 Å². The Bertz CT molecular complexity index is 1010. The van der Waals surface area contributed by atoms with Gasteiger partial charge in [-0.15, -0.1) is 0 Å². The van der Waals surface area contributed by atoms with Crippen LogP contribution < -0.4 is 0 Å². The van der Waals surface area contributed by atoms with Gasteiger partial charge in [0.2, 0.25) is 10.0 Å². The molecule has 2 aromatic rings. The van der Waals surface area contributed by atoms with Crippen LogP contribution in [0.3, 0.4) is 0 Å². The van der Waals surface area contributed by atoms with Gasteiger partial charge < -0.3 is 4.90 Å². The van der Waals surface area contributed by atoms with Gasteiger partial charge in [-0.2, -0.15) is 5.26 Å². The minimum absolute atomic E-state index is 0.0467. The summed E-state index contributed by atoms with van der Waals surface area (Å²) in [5.41, 5.74) is 1.75. The predicted octanol–water partition coefficient (Wildman–Crippen LogP) is 3.79. The third-order valence-electron chi connectivity index (χ3n) is 4.53. The third kappa shape index (κ3) is 4.43. The Kier molecular flexibility index (Phi) is 6.99. The highest BCUT2D eigenvalue weighted by molar-refractivity contribution is 9.10. The van der Waals surface area contributed by atoms with E-state index in [1.165, 1.54) is 20.2 Å². The number of carbonyl (C=O) groups is 1. The number of halogens is 1. The molecule has 1 unspecified atom stereocenters.